The molecule has 0 bridgehead atoms. The number of carbonyl (C=O) groups is 2. The molecule has 7 heteroatoms. The maximum Gasteiger partial charge on any atom is 0.241 e. The lowest BCUT2D eigenvalue weighted by molar-refractivity contribution is -0.122. The smallest absolute Gasteiger partial charge is 0.241 e. The number of phenolic OH excluding ortho intramolecular Hbond substituents is 1. The number of amides is 2. The Balaban J connectivity index is 1.61. The lowest BCUT2D eigenvalue weighted by Gasteiger charge is -2.19. The Labute approximate surface area is 157 Å². The largest absolute Gasteiger partial charge is 0.508 e. The third kappa shape index (κ3) is 4.71. The molecule has 0 fully saturated rings. The van der Waals surface area contributed by atoms with Gasteiger partial charge in [-0.05, 0) is 41.8 Å². The standard InChI is InChI=1S/C20H22N4O3/c1-12-10-18(26)23-24-19(12)14-4-6-15(7-5-14)22-20(27)17(21)11-13-2-8-16(25)9-3-13/h2-9,12,17,25H,10-11,21H2,1H3,(H,22,27)(H,23,26)/t12?,17-/m1/s1. The molecule has 2 amide bonds. The van der Waals surface area contributed by atoms with Gasteiger partial charge in [0.25, 0.3) is 0 Å². The highest BCUT2D eigenvalue weighted by Gasteiger charge is 2.21. The Kier molecular flexibility index (Phi) is 5.52. The zero-order chi connectivity index (χ0) is 19.4. The lowest BCUT2D eigenvalue weighted by atomic mass is 9.94. The number of nitrogens with one attached hydrogen (secondary N) is 2. The van der Waals surface area contributed by atoms with Gasteiger partial charge in [0.1, 0.15) is 5.75 Å². The van der Waals surface area contributed by atoms with Gasteiger partial charge in [-0.1, -0.05) is 31.2 Å². The number of anilines is 1. The van der Waals surface area contributed by atoms with E-state index in [4.69, 9.17) is 5.73 Å². The molecular weight excluding hydrogens is 344 g/mol. The summed E-state index contributed by atoms with van der Waals surface area (Å²) in [6.45, 7) is 1.95. The first-order chi connectivity index (χ1) is 12.9. The molecule has 5 N–H and O–H groups in total. The van der Waals surface area contributed by atoms with Gasteiger partial charge in [-0.25, -0.2) is 5.43 Å². The van der Waals surface area contributed by atoms with Crippen LogP contribution in [-0.4, -0.2) is 28.7 Å². The van der Waals surface area contributed by atoms with Crippen LogP contribution in [0.4, 0.5) is 5.69 Å². The average molecular weight is 366 g/mol. The quantitative estimate of drug-likeness (QED) is 0.645. The van der Waals surface area contributed by atoms with Crippen LogP contribution in [0.1, 0.15) is 24.5 Å². The highest BCUT2D eigenvalue weighted by atomic mass is 16.3. The first kappa shape index (κ1) is 18.6. The van der Waals surface area contributed by atoms with Gasteiger partial charge in [0, 0.05) is 18.0 Å². The molecule has 2 aromatic carbocycles. The molecular formula is C20H22N4O3. The molecule has 140 valence electrons. The third-order valence-electron chi connectivity index (χ3n) is 4.44. The molecule has 0 aliphatic carbocycles. The van der Waals surface area contributed by atoms with E-state index < -0.39 is 6.04 Å². The fourth-order valence-corrected chi connectivity index (χ4v) is 2.94. The van der Waals surface area contributed by atoms with Crippen LogP contribution in [0.3, 0.4) is 0 Å². The second-order valence-electron chi connectivity index (χ2n) is 6.68. The fraction of sp³-hybridized carbons (Fsp3) is 0.250. The van der Waals surface area contributed by atoms with Gasteiger partial charge in [-0.2, -0.15) is 5.10 Å². The first-order valence-corrected chi connectivity index (χ1v) is 8.73. The van der Waals surface area contributed by atoms with Crippen LogP contribution in [0.15, 0.2) is 53.6 Å². The molecule has 0 saturated heterocycles. The van der Waals surface area contributed by atoms with Gasteiger partial charge in [-0.15, -0.1) is 0 Å². The van der Waals surface area contributed by atoms with Crippen LogP contribution in [0.5, 0.6) is 5.75 Å². The number of benzene rings is 2. The molecule has 7 nitrogen and oxygen atoms in total. The summed E-state index contributed by atoms with van der Waals surface area (Å²) in [4.78, 5) is 23.6. The Morgan fingerprint density at radius 3 is 2.56 bits per heavy atom. The number of phenols is 1. The van der Waals surface area contributed by atoms with Gasteiger partial charge in [0.15, 0.2) is 0 Å². The van der Waals surface area contributed by atoms with Gasteiger partial charge in [0.05, 0.1) is 11.8 Å². The number of hydrazone groups is 1. The predicted molar refractivity (Wildman–Crippen MR) is 103 cm³/mol. The Morgan fingerprint density at radius 2 is 1.93 bits per heavy atom. The molecule has 3 rings (SSSR count). The number of aromatic hydroxyl groups is 1. The van der Waals surface area contributed by atoms with E-state index in [0.29, 0.717) is 18.5 Å². The van der Waals surface area contributed by atoms with Gasteiger partial charge in [-0.3, -0.25) is 9.59 Å². The van der Waals surface area contributed by atoms with Crippen molar-refractivity contribution in [1.29, 1.82) is 0 Å². The maximum absolute atomic E-state index is 12.3. The molecule has 1 aliphatic rings. The molecule has 2 atom stereocenters. The topological polar surface area (TPSA) is 117 Å². The number of rotatable bonds is 5. The van der Waals surface area contributed by atoms with E-state index in [1.165, 1.54) is 0 Å². The van der Waals surface area contributed by atoms with Crippen molar-refractivity contribution in [2.24, 2.45) is 16.8 Å². The van der Waals surface area contributed by atoms with Crippen molar-refractivity contribution in [3.8, 4) is 5.75 Å². The lowest BCUT2D eigenvalue weighted by Crippen LogP contribution is -2.37. The fourth-order valence-electron chi connectivity index (χ4n) is 2.94. The van der Waals surface area contributed by atoms with Crippen molar-refractivity contribution in [3.63, 3.8) is 0 Å². The van der Waals surface area contributed by atoms with Gasteiger partial charge >= 0.3 is 0 Å². The molecule has 1 aliphatic heterocycles. The van der Waals surface area contributed by atoms with E-state index >= 15 is 0 Å². The van der Waals surface area contributed by atoms with E-state index in [1.54, 1.807) is 36.4 Å². The number of nitrogens with zero attached hydrogens (tertiary/aromatic N) is 1. The number of carbonyl (C=O) groups excluding carboxylic acids is 2. The highest BCUT2D eigenvalue weighted by molar-refractivity contribution is 6.06. The predicted octanol–water partition coefficient (Wildman–Crippen LogP) is 1.76. The SMILES string of the molecule is CC1CC(=O)NN=C1c1ccc(NC(=O)[C@H](N)Cc2ccc(O)cc2)cc1. The van der Waals surface area contributed by atoms with Crippen LogP contribution in [-0.2, 0) is 16.0 Å². The molecule has 0 aromatic heterocycles. The monoisotopic (exact) mass is 366 g/mol. The van der Waals surface area contributed by atoms with Crippen molar-refractivity contribution in [1.82, 2.24) is 5.43 Å². The van der Waals surface area contributed by atoms with Crippen molar-refractivity contribution >= 4 is 23.2 Å². The number of nitrogens with two attached hydrogens (primary N) is 1. The van der Waals surface area contributed by atoms with Crippen molar-refractivity contribution < 1.29 is 14.7 Å². The molecule has 1 unspecified atom stereocenters. The van der Waals surface area contributed by atoms with E-state index in [1.807, 2.05) is 19.1 Å². The summed E-state index contributed by atoms with van der Waals surface area (Å²) in [5, 5.41) is 16.2. The molecule has 0 radical (unpaired) electrons. The van der Waals surface area contributed by atoms with E-state index in [2.05, 4.69) is 15.8 Å². The summed E-state index contributed by atoms with van der Waals surface area (Å²) in [5.41, 5.74) is 11.7. The zero-order valence-corrected chi connectivity index (χ0v) is 15.0. The Morgan fingerprint density at radius 1 is 1.26 bits per heavy atom. The second kappa shape index (κ2) is 8.01. The van der Waals surface area contributed by atoms with E-state index in [-0.39, 0.29) is 23.5 Å². The summed E-state index contributed by atoms with van der Waals surface area (Å²) >= 11 is 0. The first-order valence-electron chi connectivity index (χ1n) is 8.73. The number of hydrogen-bond donors (Lipinski definition) is 4. The van der Waals surface area contributed by atoms with E-state index in [0.717, 1.165) is 16.8 Å². The maximum atomic E-state index is 12.3. The van der Waals surface area contributed by atoms with Crippen LogP contribution < -0.4 is 16.5 Å². The molecule has 27 heavy (non-hydrogen) atoms. The highest BCUT2D eigenvalue weighted by Crippen LogP contribution is 2.19. The minimum absolute atomic E-state index is 0.0397. The van der Waals surface area contributed by atoms with Crippen LogP contribution in [0.2, 0.25) is 0 Å². The minimum Gasteiger partial charge on any atom is -0.508 e. The second-order valence-corrected chi connectivity index (χ2v) is 6.68. The Bertz CT molecular complexity index is 860. The minimum atomic E-state index is -0.702. The summed E-state index contributed by atoms with van der Waals surface area (Å²) in [6, 6.07) is 13.2. The summed E-state index contributed by atoms with van der Waals surface area (Å²) in [6.07, 6.45) is 0.779. The van der Waals surface area contributed by atoms with Crippen molar-refractivity contribution in [2.45, 2.75) is 25.8 Å². The van der Waals surface area contributed by atoms with Crippen LogP contribution >= 0.6 is 0 Å². The molecule has 2 aromatic rings. The summed E-state index contributed by atoms with van der Waals surface area (Å²) in [7, 11) is 0. The van der Waals surface area contributed by atoms with E-state index in [9.17, 15) is 14.7 Å². The zero-order valence-electron chi connectivity index (χ0n) is 15.0. The normalized spacial score (nSPS) is 17.6. The van der Waals surface area contributed by atoms with Crippen molar-refractivity contribution in [2.75, 3.05) is 5.32 Å². The number of hydrogen-bond acceptors (Lipinski definition) is 5. The van der Waals surface area contributed by atoms with Crippen molar-refractivity contribution in [3.05, 3.63) is 59.7 Å². The van der Waals surface area contributed by atoms with Gasteiger partial charge < -0.3 is 16.2 Å². The van der Waals surface area contributed by atoms with Gasteiger partial charge in [0.2, 0.25) is 11.8 Å². The molecule has 0 spiro atoms. The van der Waals surface area contributed by atoms with Crippen LogP contribution in [0, 0.1) is 5.92 Å². The summed E-state index contributed by atoms with van der Waals surface area (Å²) in [5.74, 6) is -0.157. The molecule has 1 heterocycles. The van der Waals surface area contributed by atoms with Crippen LogP contribution in [0.25, 0.3) is 0 Å². The molecule has 0 saturated carbocycles. The summed E-state index contributed by atoms with van der Waals surface area (Å²) < 4.78 is 0. The average Bonchev–Trinajstić information content (AvgIpc) is 2.64. The third-order valence-corrected chi connectivity index (χ3v) is 4.44. The Hall–Kier alpha value is -3.19.